The van der Waals surface area contributed by atoms with Crippen molar-refractivity contribution in [1.82, 2.24) is 0 Å². The van der Waals surface area contributed by atoms with Crippen LogP contribution in [0.2, 0.25) is 0 Å². The molecule has 2 unspecified atom stereocenters. The molecule has 1 aliphatic rings. The molecule has 20 heavy (non-hydrogen) atoms. The summed E-state index contributed by atoms with van der Waals surface area (Å²) in [6.07, 6.45) is 1.58. The first-order chi connectivity index (χ1) is 9.55. The van der Waals surface area contributed by atoms with Gasteiger partial charge in [-0.3, -0.25) is 0 Å². The molecule has 110 valence electrons. The highest BCUT2D eigenvalue weighted by atomic mass is 16.7. The van der Waals surface area contributed by atoms with Crippen LogP contribution in [0.1, 0.15) is 46.1 Å². The van der Waals surface area contributed by atoms with Crippen LogP contribution in [0.4, 0.5) is 0 Å². The van der Waals surface area contributed by atoms with Crippen LogP contribution in [0.15, 0.2) is 30.3 Å². The fraction of sp³-hybridized carbons (Fsp3) is 0.588. The molecule has 2 atom stereocenters. The average Bonchev–Trinajstić information content (AvgIpc) is 3.12. The van der Waals surface area contributed by atoms with E-state index in [0.29, 0.717) is 13.0 Å². The number of hydrogen-bond donors (Lipinski definition) is 0. The second-order valence-corrected chi connectivity index (χ2v) is 5.66. The van der Waals surface area contributed by atoms with Crippen LogP contribution < -0.4 is 0 Å². The second kappa shape index (κ2) is 5.57. The summed E-state index contributed by atoms with van der Waals surface area (Å²) in [5, 5.41) is 0. The third kappa shape index (κ3) is 2.05. The molecule has 0 aliphatic carbocycles. The lowest BCUT2D eigenvalue weighted by Crippen LogP contribution is -2.37. The van der Waals surface area contributed by atoms with E-state index in [4.69, 9.17) is 9.47 Å². The number of carbonyl (C=O) groups is 1. The largest absolute Gasteiger partial charge is 0.464 e. The van der Waals surface area contributed by atoms with Crippen molar-refractivity contribution >= 4 is 5.97 Å². The Morgan fingerprint density at radius 1 is 1.25 bits per heavy atom. The van der Waals surface area contributed by atoms with E-state index in [1.165, 1.54) is 0 Å². The van der Waals surface area contributed by atoms with E-state index < -0.39 is 11.2 Å². The number of epoxide rings is 1. The first-order valence-corrected chi connectivity index (χ1v) is 7.48. The number of hydrogen-bond acceptors (Lipinski definition) is 3. The molecule has 0 aromatic heterocycles. The predicted molar refractivity (Wildman–Crippen MR) is 78.3 cm³/mol. The first-order valence-electron chi connectivity index (χ1n) is 7.48. The monoisotopic (exact) mass is 276 g/mol. The molecular formula is C17H24O3. The second-order valence-electron chi connectivity index (χ2n) is 5.66. The summed E-state index contributed by atoms with van der Waals surface area (Å²) in [5.74, 6) is -0.0136. The molecule has 0 amide bonds. The van der Waals surface area contributed by atoms with Crippen molar-refractivity contribution in [2.75, 3.05) is 6.61 Å². The molecule has 0 saturated carbocycles. The molecular weight excluding hydrogens is 252 g/mol. The molecule has 2 rings (SSSR count). The predicted octanol–water partition coefficient (Wildman–Crippen LogP) is 3.67. The van der Waals surface area contributed by atoms with E-state index in [1.807, 2.05) is 37.3 Å². The van der Waals surface area contributed by atoms with E-state index in [-0.39, 0.29) is 11.9 Å². The third-order valence-corrected chi connectivity index (χ3v) is 4.12. The van der Waals surface area contributed by atoms with Crippen LogP contribution in [0.25, 0.3) is 0 Å². The van der Waals surface area contributed by atoms with Gasteiger partial charge in [0.2, 0.25) is 0 Å². The smallest absolute Gasteiger partial charge is 0.341 e. The topological polar surface area (TPSA) is 38.8 Å². The standard InChI is InChI=1S/C17H24O3/c1-5-12-16(15(18)19-6-2)17(20-16,13(3)4)14-10-8-7-9-11-14/h7-11,13H,5-6,12H2,1-4H3. The van der Waals surface area contributed by atoms with Gasteiger partial charge in [-0.1, -0.05) is 57.5 Å². The van der Waals surface area contributed by atoms with Gasteiger partial charge in [0.25, 0.3) is 0 Å². The Balaban J connectivity index is 2.43. The molecule has 1 aliphatic heterocycles. The SMILES string of the molecule is CCCC1(C(=O)OCC)OC1(c1ccccc1)C(C)C. The number of benzene rings is 1. The maximum Gasteiger partial charge on any atom is 0.341 e. The van der Waals surface area contributed by atoms with Gasteiger partial charge in [-0.05, 0) is 24.8 Å². The Hall–Kier alpha value is -1.35. The van der Waals surface area contributed by atoms with Gasteiger partial charge in [0, 0.05) is 0 Å². The molecule has 0 N–H and O–H groups in total. The number of ether oxygens (including phenoxy) is 2. The van der Waals surface area contributed by atoms with E-state index in [2.05, 4.69) is 20.8 Å². The molecule has 0 spiro atoms. The molecule has 1 heterocycles. The molecule has 1 fully saturated rings. The van der Waals surface area contributed by atoms with Gasteiger partial charge in [0.15, 0.2) is 5.60 Å². The molecule has 3 nitrogen and oxygen atoms in total. The van der Waals surface area contributed by atoms with Crippen LogP contribution in [0.3, 0.4) is 0 Å². The highest BCUT2D eigenvalue weighted by Gasteiger charge is 2.76. The maximum atomic E-state index is 12.5. The van der Waals surface area contributed by atoms with Crippen LogP contribution in [0, 0.1) is 5.92 Å². The van der Waals surface area contributed by atoms with Crippen LogP contribution >= 0.6 is 0 Å². The summed E-state index contributed by atoms with van der Waals surface area (Å²) in [5.41, 5.74) is -0.291. The number of carbonyl (C=O) groups excluding carboxylic acids is 1. The highest BCUT2D eigenvalue weighted by molar-refractivity contribution is 5.85. The first kappa shape index (κ1) is 15.0. The number of rotatable bonds is 6. The third-order valence-electron chi connectivity index (χ3n) is 4.12. The normalized spacial score (nSPS) is 28.4. The van der Waals surface area contributed by atoms with E-state index in [0.717, 1.165) is 12.0 Å². The minimum absolute atomic E-state index is 0.209. The summed E-state index contributed by atoms with van der Waals surface area (Å²) in [4.78, 5) is 12.5. The van der Waals surface area contributed by atoms with Crippen molar-refractivity contribution < 1.29 is 14.3 Å². The van der Waals surface area contributed by atoms with Crippen molar-refractivity contribution in [3.63, 3.8) is 0 Å². The Kier molecular flexibility index (Phi) is 4.19. The molecule has 0 radical (unpaired) electrons. The van der Waals surface area contributed by atoms with Crippen molar-refractivity contribution in [3.05, 3.63) is 35.9 Å². The van der Waals surface area contributed by atoms with Gasteiger partial charge >= 0.3 is 5.97 Å². The van der Waals surface area contributed by atoms with Gasteiger partial charge in [0.1, 0.15) is 5.60 Å². The molecule has 0 bridgehead atoms. The summed E-state index contributed by atoms with van der Waals surface area (Å²) in [6, 6.07) is 10.0. The van der Waals surface area contributed by atoms with Gasteiger partial charge in [-0.2, -0.15) is 0 Å². The van der Waals surface area contributed by atoms with Crippen molar-refractivity contribution in [3.8, 4) is 0 Å². The van der Waals surface area contributed by atoms with Crippen molar-refractivity contribution in [2.45, 2.75) is 51.7 Å². The summed E-state index contributed by atoms with van der Waals surface area (Å²) in [7, 11) is 0. The van der Waals surface area contributed by atoms with Gasteiger partial charge in [-0.15, -0.1) is 0 Å². The zero-order chi connectivity index (χ0) is 14.8. The fourth-order valence-electron chi connectivity index (χ4n) is 3.28. The summed E-state index contributed by atoms with van der Waals surface area (Å²) < 4.78 is 11.4. The molecule has 1 aromatic rings. The zero-order valence-electron chi connectivity index (χ0n) is 12.8. The lowest BCUT2D eigenvalue weighted by Gasteiger charge is -2.22. The Morgan fingerprint density at radius 3 is 2.40 bits per heavy atom. The van der Waals surface area contributed by atoms with Crippen molar-refractivity contribution in [1.29, 1.82) is 0 Å². The van der Waals surface area contributed by atoms with Gasteiger partial charge in [0.05, 0.1) is 6.61 Å². The summed E-state index contributed by atoms with van der Waals surface area (Å²) >= 11 is 0. The fourth-order valence-corrected chi connectivity index (χ4v) is 3.28. The van der Waals surface area contributed by atoms with Crippen LogP contribution in [-0.4, -0.2) is 18.2 Å². The highest BCUT2D eigenvalue weighted by Crippen LogP contribution is 2.63. The minimum Gasteiger partial charge on any atom is -0.464 e. The van der Waals surface area contributed by atoms with Crippen molar-refractivity contribution in [2.24, 2.45) is 5.92 Å². The minimum atomic E-state index is -0.812. The van der Waals surface area contributed by atoms with E-state index >= 15 is 0 Å². The molecule has 1 saturated heterocycles. The van der Waals surface area contributed by atoms with Gasteiger partial charge < -0.3 is 9.47 Å². The van der Waals surface area contributed by atoms with Gasteiger partial charge in [-0.25, -0.2) is 4.79 Å². The zero-order valence-corrected chi connectivity index (χ0v) is 12.8. The quantitative estimate of drug-likeness (QED) is 0.588. The Labute approximate surface area is 121 Å². The Morgan fingerprint density at radius 2 is 1.90 bits per heavy atom. The lowest BCUT2D eigenvalue weighted by atomic mass is 9.76. The Bertz CT molecular complexity index is 468. The number of esters is 1. The van der Waals surface area contributed by atoms with E-state index in [9.17, 15) is 4.79 Å². The van der Waals surface area contributed by atoms with Crippen LogP contribution in [0.5, 0.6) is 0 Å². The van der Waals surface area contributed by atoms with E-state index in [1.54, 1.807) is 0 Å². The molecule has 3 heteroatoms. The lowest BCUT2D eigenvalue weighted by molar-refractivity contribution is -0.150. The maximum absolute atomic E-state index is 12.5. The van der Waals surface area contributed by atoms with Crippen LogP contribution in [-0.2, 0) is 19.9 Å². The molecule has 1 aromatic carbocycles. The summed E-state index contributed by atoms with van der Waals surface area (Å²) in [6.45, 7) is 8.49. The average molecular weight is 276 g/mol.